The van der Waals surface area contributed by atoms with Crippen LogP contribution in [0.15, 0.2) is 33.6 Å². The summed E-state index contributed by atoms with van der Waals surface area (Å²) in [5.41, 5.74) is 4.84. The van der Waals surface area contributed by atoms with Crippen molar-refractivity contribution in [3.63, 3.8) is 0 Å². The second-order valence-corrected chi connectivity index (χ2v) is 13.9. The topological polar surface area (TPSA) is 145 Å². The fraction of sp³-hybridized carbons (Fsp3) is 0.640. The molecule has 1 aromatic rings. The van der Waals surface area contributed by atoms with Gasteiger partial charge in [0.05, 0.1) is 11.0 Å². The predicted octanol–water partition coefficient (Wildman–Crippen LogP) is 2.79. The Bertz CT molecular complexity index is 1160. The van der Waals surface area contributed by atoms with Crippen LogP contribution in [0.5, 0.6) is 0 Å². The quantitative estimate of drug-likeness (QED) is 0.458. The third-order valence-electron chi connectivity index (χ3n) is 7.72. The molecule has 3 aliphatic rings. The molecule has 0 spiro atoms. The molecule has 2 saturated carbocycles. The van der Waals surface area contributed by atoms with Gasteiger partial charge in [0, 0.05) is 17.4 Å². The number of alkyl carbamates (subject to hydrolysis) is 1. The molecule has 0 radical (unpaired) electrons. The summed E-state index contributed by atoms with van der Waals surface area (Å²) in [6.45, 7) is 7.37. The molecular weight excluding hydrogens is 566 g/mol. The van der Waals surface area contributed by atoms with Crippen molar-refractivity contribution in [1.82, 2.24) is 10.2 Å². The first-order valence-corrected chi connectivity index (χ1v) is 14.6. The molecule has 37 heavy (non-hydrogen) atoms. The number of ether oxygens (including phenoxy) is 1. The standard InChI is InChI=1S/C25H34BrN3O7S/c1-13-18-9-15(10-19(13)18)35-24(32)28-21(25(2,3)4)23(31)29-12-16(11-20(29)22(27)30)36-37(33,34)17-7-5-14(26)6-8-17/h5-8,13,15-16,18-21H,9-12H2,1-4H3,(H2,27,30)(H,28,32)/t13?,15?,16-,18-,19+,20-,21+/m0/s1. The Balaban J connectivity index is 1.44. The number of amides is 3. The molecule has 1 saturated heterocycles. The fourth-order valence-corrected chi connectivity index (χ4v) is 6.89. The van der Waals surface area contributed by atoms with Crippen LogP contribution in [0.4, 0.5) is 4.79 Å². The molecule has 0 aromatic heterocycles. The second-order valence-electron chi connectivity index (χ2n) is 11.4. The number of fused-ring (bicyclic) bond motifs is 1. The molecule has 2 aliphatic carbocycles. The van der Waals surface area contributed by atoms with E-state index in [2.05, 4.69) is 28.2 Å². The monoisotopic (exact) mass is 599 g/mol. The van der Waals surface area contributed by atoms with E-state index in [9.17, 15) is 22.8 Å². The summed E-state index contributed by atoms with van der Waals surface area (Å²) in [5, 5.41) is 2.69. The van der Waals surface area contributed by atoms with Crippen molar-refractivity contribution >= 4 is 44.0 Å². The highest BCUT2D eigenvalue weighted by molar-refractivity contribution is 9.10. The molecular formula is C25H34BrN3O7S. The van der Waals surface area contributed by atoms with Gasteiger partial charge < -0.3 is 20.7 Å². The summed E-state index contributed by atoms with van der Waals surface area (Å²) in [4.78, 5) is 39.7. The number of benzene rings is 1. The van der Waals surface area contributed by atoms with Crippen molar-refractivity contribution in [2.24, 2.45) is 28.9 Å². The van der Waals surface area contributed by atoms with Crippen LogP contribution in [0.1, 0.15) is 47.0 Å². The fourth-order valence-electron chi connectivity index (χ4n) is 5.55. The minimum atomic E-state index is -4.15. The first kappa shape index (κ1) is 27.8. The number of halogens is 1. The second kappa shape index (κ2) is 10.2. The average Bonchev–Trinajstić information content (AvgIpc) is 3.15. The Morgan fingerprint density at radius 3 is 2.22 bits per heavy atom. The molecule has 0 bridgehead atoms. The van der Waals surface area contributed by atoms with Gasteiger partial charge in [-0.05, 0) is 60.3 Å². The zero-order valence-electron chi connectivity index (χ0n) is 21.3. The first-order chi connectivity index (χ1) is 17.2. The van der Waals surface area contributed by atoms with Crippen LogP contribution in [0.25, 0.3) is 0 Å². The van der Waals surface area contributed by atoms with Crippen LogP contribution in [0.2, 0.25) is 0 Å². The molecule has 1 aromatic carbocycles. The van der Waals surface area contributed by atoms with Gasteiger partial charge in [0.25, 0.3) is 10.1 Å². The van der Waals surface area contributed by atoms with E-state index in [1.54, 1.807) is 32.9 Å². The van der Waals surface area contributed by atoms with Gasteiger partial charge in [0.2, 0.25) is 11.8 Å². The number of nitrogens with two attached hydrogens (primary N) is 1. The SMILES string of the molecule is CC1[C@H]2CC(OC(=O)N[C@H](C(=O)N3C[C@@H](OS(=O)(=O)c4ccc(Br)cc4)C[C@H]3C(N)=O)C(C)(C)C)C[C@@H]12. The van der Waals surface area contributed by atoms with Crippen molar-refractivity contribution in [1.29, 1.82) is 0 Å². The molecule has 2 unspecified atom stereocenters. The Hall–Kier alpha value is -2.18. The van der Waals surface area contributed by atoms with Crippen LogP contribution in [-0.4, -0.2) is 62.1 Å². The van der Waals surface area contributed by atoms with E-state index in [0.29, 0.717) is 22.2 Å². The van der Waals surface area contributed by atoms with E-state index in [1.165, 1.54) is 17.0 Å². The number of hydrogen-bond donors (Lipinski definition) is 2. The van der Waals surface area contributed by atoms with Gasteiger partial charge in [0.1, 0.15) is 18.2 Å². The Labute approximate surface area is 225 Å². The first-order valence-electron chi connectivity index (χ1n) is 12.4. The Morgan fingerprint density at radius 2 is 1.68 bits per heavy atom. The molecule has 1 aliphatic heterocycles. The summed E-state index contributed by atoms with van der Waals surface area (Å²) >= 11 is 3.26. The highest BCUT2D eigenvalue weighted by atomic mass is 79.9. The van der Waals surface area contributed by atoms with Crippen molar-refractivity contribution < 1.29 is 31.7 Å². The maximum atomic E-state index is 13.6. The van der Waals surface area contributed by atoms with Gasteiger partial charge in [-0.15, -0.1) is 0 Å². The van der Waals surface area contributed by atoms with E-state index in [-0.39, 0.29) is 24.0 Å². The van der Waals surface area contributed by atoms with Crippen LogP contribution >= 0.6 is 15.9 Å². The third kappa shape index (κ3) is 6.12. The summed E-state index contributed by atoms with van der Waals surface area (Å²) in [5.74, 6) is 0.544. The molecule has 10 nitrogen and oxygen atoms in total. The van der Waals surface area contributed by atoms with Gasteiger partial charge in [-0.3, -0.25) is 13.8 Å². The lowest BCUT2D eigenvalue weighted by atomic mass is 9.85. The van der Waals surface area contributed by atoms with Gasteiger partial charge in [-0.1, -0.05) is 43.6 Å². The van der Waals surface area contributed by atoms with Crippen molar-refractivity contribution in [2.75, 3.05) is 6.54 Å². The number of primary amides is 1. The van der Waals surface area contributed by atoms with Gasteiger partial charge >= 0.3 is 6.09 Å². The van der Waals surface area contributed by atoms with E-state index >= 15 is 0 Å². The molecule has 3 N–H and O–H groups in total. The van der Waals surface area contributed by atoms with Gasteiger partial charge in [-0.2, -0.15) is 8.42 Å². The maximum absolute atomic E-state index is 13.6. The predicted molar refractivity (Wildman–Crippen MR) is 138 cm³/mol. The number of carbonyl (C=O) groups is 3. The highest BCUT2D eigenvalue weighted by Crippen LogP contribution is 2.57. The van der Waals surface area contributed by atoms with E-state index in [1.807, 2.05) is 0 Å². The minimum Gasteiger partial charge on any atom is -0.446 e. The number of rotatable bonds is 7. The van der Waals surface area contributed by atoms with Crippen molar-refractivity contribution in [2.45, 2.75) is 76.1 Å². The number of carbonyl (C=O) groups excluding carboxylic acids is 3. The number of hydrogen-bond acceptors (Lipinski definition) is 7. The summed E-state index contributed by atoms with van der Waals surface area (Å²) in [6.07, 6.45) is -0.262. The zero-order chi connectivity index (χ0) is 27.3. The smallest absolute Gasteiger partial charge is 0.408 e. The molecule has 204 valence electrons. The summed E-state index contributed by atoms with van der Waals surface area (Å²) in [7, 11) is -4.15. The van der Waals surface area contributed by atoms with Gasteiger partial charge in [0.15, 0.2) is 0 Å². The summed E-state index contributed by atoms with van der Waals surface area (Å²) in [6, 6.07) is 3.81. The Morgan fingerprint density at radius 1 is 1.08 bits per heavy atom. The normalized spacial score (nSPS) is 29.9. The van der Waals surface area contributed by atoms with Crippen molar-refractivity contribution in [3.8, 4) is 0 Å². The van der Waals surface area contributed by atoms with Crippen LogP contribution in [-0.2, 0) is 28.6 Å². The molecule has 1 heterocycles. The van der Waals surface area contributed by atoms with Crippen LogP contribution < -0.4 is 11.1 Å². The maximum Gasteiger partial charge on any atom is 0.408 e. The largest absolute Gasteiger partial charge is 0.446 e. The van der Waals surface area contributed by atoms with Crippen LogP contribution in [0, 0.1) is 23.2 Å². The lowest BCUT2D eigenvalue weighted by molar-refractivity contribution is -0.141. The lowest BCUT2D eigenvalue weighted by Crippen LogP contribution is -2.57. The molecule has 12 heteroatoms. The lowest BCUT2D eigenvalue weighted by Gasteiger charge is -2.35. The molecule has 4 rings (SSSR count). The molecule has 3 fully saturated rings. The molecule has 7 atom stereocenters. The van der Waals surface area contributed by atoms with E-state index in [0.717, 1.165) is 12.8 Å². The Kier molecular flexibility index (Phi) is 7.66. The summed E-state index contributed by atoms with van der Waals surface area (Å²) < 4.78 is 37.2. The van der Waals surface area contributed by atoms with Crippen LogP contribution in [0.3, 0.4) is 0 Å². The number of nitrogens with one attached hydrogen (secondary N) is 1. The van der Waals surface area contributed by atoms with Gasteiger partial charge in [-0.25, -0.2) is 4.79 Å². The van der Waals surface area contributed by atoms with E-state index < -0.39 is 51.6 Å². The number of likely N-dealkylation sites (tertiary alicyclic amines) is 1. The third-order valence-corrected chi connectivity index (χ3v) is 9.62. The molecule has 3 amide bonds. The zero-order valence-corrected chi connectivity index (χ0v) is 23.8. The number of nitrogens with zero attached hydrogens (tertiary/aromatic N) is 1. The minimum absolute atomic E-state index is 0.0491. The highest BCUT2D eigenvalue weighted by Gasteiger charge is 2.54. The van der Waals surface area contributed by atoms with Crippen molar-refractivity contribution in [3.05, 3.63) is 28.7 Å². The van der Waals surface area contributed by atoms with E-state index in [4.69, 9.17) is 14.7 Å². The average molecular weight is 601 g/mol.